The maximum atomic E-state index is 4.04. The molecule has 1 aromatic carbocycles. The molecule has 0 spiro atoms. The summed E-state index contributed by atoms with van der Waals surface area (Å²) in [7, 11) is 1.97. The van der Waals surface area contributed by atoms with Crippen molar-refractivity contribution in [2.45, 2.75) is 13.0 Å². The number of aryl methyl sites for hydroxylation is 1. The van der Waals surface area contributed by atoms with Crippen LogP contribution in [0.2, 0.25) is 0 Å². The van der Waals surface area contributed by atoms with E-state index in [1.807, 2.05) is 11.6 Å². The van der Waals surface area contributed by atoms with E-state index in [4.69, 9.17) is 0 Å². The van der Waals surface area contributed by atoms with Crippen LogP contribution in [0.15, 0.2) is 30.6 Å². The summed E-state index contributed by atoms with van der Waals surface area (Å²) in [6.07, 6.45) is 2.63. The lowest BCUT2D eigenvalue weighted by atomic mass is 10.2. The molecule has 0 aliphatic heterocycles. The average Bonchev–Trinajstić information content (AvgIpc) is 2.73. The third-order valence-corrected chi connectivity index (χ3v) is 3.29. The van der Waals surface area contributed by atoms with Crippen molar-refractivity contribution in [3.05, 3.63) is 45.6 Å². The standard InChI is InChI=1S/C12H15IN4/c1-17-9-15-16-12(17)6-7-14-8-10-2-4-11(13)5-3-10/h2-5,9,14H,6-8H2,1H3. The predicted molar refractivity (Wildman–Crippen MR) is 75.6 cm³/mol. The van der Waals surface area contributed by atoms with Gasteiger partial charge >= 0.3 is 0 Å². The van der Waals surface area contributed by atoms with Gasteiger partial charge in [-0.05, 0) is 40.3 Å². The second-order valence-electron chi connectivity index (χ2n) is 3.91. The summed E-state index contributed by atoms with van der Waals surface area (Å²) in [5, 5.41) is 11.3. The third kappa shape index (κ3) is 3.78. The summed E-state index contributed by atoms with van der Waals surface area (Å²) in [5.74, 6) is 1.01. The van der Waals surface area contributed by atoms with E-state index >= 15 is 0 Å². The number of rotatable bonds is 5. The molecule has 17 heavy (non-hydrogen) atoms. The van der Waals surface area contributed by atoms with Gasteiger partial charge in [-0.3, -0.25) is 0 Å². The molecule has 0 bridgehead atoms. The van der Waals surface area contributed by atoms with E-state index in [9.17, 15) is 0 Å². The molecule has 5 heteroatoms. The number of nitrogens with one attached hydrogen (secondary N) is 1. The highest BCUT2D eigenvalue weighted by Gasteiger charge is 1.99. The van der Waals surface area contributed by atoms with Crippen LogP contribution in [-0.2, 0) is 20.0 Å². The Morgan fingerprint density at radius 2 is 2.06 bits per heavy atom. The number of halogens is 1. The first kappa shape index (κ1) is 12.5. The Labute approximate surface area is 115 Å². The highest BCUT2D eigenvalue weighted by molar-refractivity contribution is 14.1. The van der Waals surface area contributed by atoms with E-state index in [0.29, 0.717) is 0 Å². The lowest BCUT2D eigenvalue weighted by Crippen LogP contribution is -2.18. The minimum Gasteiger partial charge on any atom is -0.321 e. The third-order valence-electron chi connectivity index (χ3n) is 2.57. The maximum Gasteiger partial charge on any atom is 0.133 e. The first-order valence-corrected chi connectivity index (χ1v) is 6.61. The molecule has 0 saturated heterocycles. The van der Waals surface area contributed by atoms with Crippen LogP contribution in [0.4, 0.5) is 0 Å². The van der Waals surface area contributed by atoms with Crippen molar-refractivity contribution in [1.82, 2.24) is 20.1 Å². The molecule has 0 unspecified atom stereocenters. The van der Waals surface area contributed by atoms with Crippen LogP contribution in [0.1, 0.15) is 11.4 Å². The van der Waals surface area contributed by atoms with Crippen molar-refractivity contribution in [1.29, 1.82) is 0 Å². The van der Waals surface area contributed by atoms with Crippen LogP contribution in [0.5, 0.6) is 0 Å². The molecule has 90 valence electrons. The fraction of sp³-hybridized carbons (Fsp3) is 0.333. The molecule has 0 fully saturated rings. The zero-order valence-corrected chi connectivity index (χ0v) is 11.9. The Balaban J connectivity index is 1.73. The Hall–Kier alpha value is -0.950. The van der Waals surface area contributed by atoms with Gasteiger partial charge in [0.1, 0.15) is 12.2 Å². The Bertz CT molecular complexity index is 464. The average molecular weight is 342 g/mol. The molecule has 4 nitrogen and oxygen atoms in total. The summed E-state index contributed by atoms with van der Waals surface area (Å²) in [5.41, 5.74) is 1.31. The smallest absolute Gasteiger partial charge is 0.133 e. The van der Waals surface area contributed by atoms with Gasteiger partial charge in [-0.1, -0.05) is 12.1 Å². The predicted octanol–water partition coefficient (Wildman–Crippen LogP) is 1.75. The molecule has 2 aromatic rings. The van der Waals surface area contributed by atoms with Gasteiger partial charge in [0.25, 0.3) is 0 Å². The van der Waals surface area contributed by atoms with Gasteiger partial charge in [-0.2, -0.15) is 0 Å². The number of aromatic nitrogens is 3. The second-order valence-corrected chi connectivity index (χ2v) is 5.16. The minimum atomic E-state index is 0.898. The van der Waals surface area contributed by atoms with E-state index < -0.39 is 0 Å². The fourth-order valence-corrected chi connectivity index (χ4v) is 1.93. The Morgan fingerprint density at radius 3 is 2.71 bits per heavy atom. The number of hydrogen-bond acceptors (Lipinski definition) is 3. The summed E-state index contributed by atoms with van der Waals surface area (Å²) in [6.45, 7) is 1.81. The zero-order chi connectivity index (χ0) is 12.1. The molecular weight excluding hydrogens is 327 g/mol. The SMILES string of the molecule is Cn1cnnc1CCNCc1ccc(I)cc1. The van der Waals surface area contributed by atoms with E-state index in [1.165, 1.54) is 9.13 Å². The fourth-order valence-electron chi connectivity index (χ4n) is 1.57. The van der Waals surface area contributed by atoms with Gasteiger partial charge in [-0.25, -0.2) is 0 Å². The number of nitrogens with zero attached hydrogens (tertiary/aromatic N) is 3. The molecule has 0 radical (unpaired) electrons. The van der Waals surface area contributed by atoms with Crippen molar-refractivity contribution in [2.24, 2.45) is 7.05 Å². The van der Waals surface area contributed by atoms with Crippen LogP contribution in [0.3, 0.4) is 0 Å². The maximum absolute atomic E-state index is 4.04. The molecule has 0 aliphatic carbocycles. The summed E-state index contributed by atoms with van der Waals surface area (Å²) in [6, 6.07) is 8.55. The Morgan fingerprint density at radius 1 is 1.29 bits per heavy atom. The van der Waals surface area contributed by atoms with Crippen molar-refractivity contribution >= 4 is 22.6 Å². The van der Waals surface area contributed by atoms with Crippen molar-refractivity contribution in [3.8, 4) is 0 Å². The van der Waals surface area contributed by atoms with Gasteiger partial charge in [0.15, 0.2) is 0 Å². The molecule has 0 aliphatic rings. The van der Waals surface area contributed by atoms with E-state index in [0.717, 1.165) is 25.3 Å². The van der Waals surface area contributed by atoms with E-state index in [2.05, 4.69) is 62.4 Å². The summed E-state index contributed by atoms with van der Waals surface area (Å²) in [4.78, 5) is 0. The molecule has 1 N–H and O–H groups in total. The number of hydrogen-bond donors (Lipinski definition) is 1. The van der Waals surface area contributed by atoms with Gasteiger partial charge in [-0.15, -0.1) is 10.2 Å². The van der Waals surface area contributed by atoms with Crippen LogP contribution >= 0.6 is 22.6 Å². The molecule has 1 heterocycles. The molecule has 0 atom stereocenters. The summed E-state index contributed by atoms with van der Waals surface area (Å²) < 4.78 is 3.22. The molecule has 1 aromatic heterocycles. The van der Waals surface area contributed by atoms with Gasteiger partial charge in [0.05, 0.1) is 0 Å². The minimum absolute atomic E-state index is 0.898. The molecule has 0 amide bonds. The van der Waals surface area contributed by atoms with Crippen LogP contribution in [-0.4, -0.2) is 21.3 Å². The zero-order valence-electron chi connectivity index (χ0n) is 9.73. The monoisotopic (exact) mass is 342 g/mol. The molecular formula is C12H15IN4. The first-order chi connectivity index (χ1) is 8.25. The molecule has 0 saturated carbocycles. The lowest BCUT2D eigenvalue weighted by molar-refractivity contribution is 0.654. The normalized spacial score (nSPS) is 10.7. The lowest BCUT2D eigenvalue weighted by Gasteiger charge is -2.04. The second kappa shape index (κ2) is 6.11. The highest BCUT2D eigenvalue weighted by atomic mass is 127. The largest absolute Gasteiger partial charge is 0.321 e. The van der Waals surface area contributed by atoms with E-state index in [1.54, 1.807) is 6.33 Å². The first-order valence-electron chi connectivity index (χ1n) is 5.54. The van der Waals surface area contributed by atoms with Gasteiger partial charge in [0.2, 0.25) is 0 Å². The van der Waals surface area contributed by atoms with Crippen LogP contribution < -0.4 is 5.32 Å². The number of benzene rings is 1. The highest BCUT2D eigenvalue weighted by Crippen LogP contribution is 2.06. The van der Waals surface area contributed by atoms with Crippen molar-refractivity contribution in [3.63, 3.8) is 0 Å². The Kier molecular flexibility index (Phi) is 4.49. The van der Waals surface area contributed by atoms with E-state index in [-0.39, 0.29) is 0 Å². The van der Waals surface area contributed by atoms with Crippen molar-refractivity contribution < 1.29 is 0 Å². The van der Waals surface area contributed by atoms with Gasteiger partial charge < -0.3 is 9.88 Å². The van der Waals surface area contributed by atoms with Crippen molar-refractivity contribution in [2.75, 3.05) is 6.54 Å². The van der Waals surface area contributed by atoms with Gasteiger partial charge in [0, 0.05) is 30.1 Å². The van der Waals surface area contributed by atoms with Crippen LogP contribution in [0, 0.1) is 3.57 Å². The molecule has 2 rings (SSSR count). The van der Waals surface area contributed by atoms with Crippen LogP contribution in [0.25, 0.3) is 0 Å². The summed E-state index contributed by atoms with van der Waals surface area (Å²) >= 11 is 2.31. The quantitative estimate of drug-likeness (QED) is 0.665. The topological polar surface area (TPSA) is 42.7 Å².